The number of thioether (sulfide) groups is 1. The number of rotatable bonds is 5. The summed E-state index contributed by atoms with van der Waals surface area (Å²) in [6, 6.07) is 19.9. The van der Waals surface area contributed by atoms with Crippen molar-refractivity contribution in [1.29, 1.82) is 0 Å². The highest BCUT2D eigenvalue weighted by atomic mass is 79.9. The lowest BCUT2D eigenvalue weighted by molar-refractivity contribution is -0.387. The Balaban J connectivity index is 1.56. The van der Waals surface area contributed by atoms with Gasteiger partial charge in [0.1, 0.15) is 0 Å². The van der Waals surface area contributed by atoms with Gasteiger partial charge in [-0.1, -0.05) is 40.2 Å². The Morgan fingerprint density at radius 2 is 1.94 bits per heavy atom. The number of para-hydroxylation sites is 1. The van der Waals surface area contributed by atoms with Crippen LogP contribution in [0.2, 0.25) is 0 Å². The van der Waals surface area contributed by atoms with Crippen LogP contribution in [0.5, 0.6) is 0 Å². The van der Waals surface area contributed by atoms with Gasteiger partial charge in [-0.15, -0.1) is 23.4 Å². The van der Waals surface area contributed by atoms with Gasteiger partial charge in [-0.2, -0.15) is 0 Å². The van der Waals surface area contributed by atoms with E-state index in [1.165, 1.54) is 17.8 Å². The van der Waals surface area contributed by atoms with Crippen LogP contribution < -0.4 is 5.32 Å². The third kappa shape index (κ3) is 4.19. The summed E-state index contributed by atoms with van der Waals surface area (Å²) in [6.07, 6.45) is 0.733. The molecule has 1 heterocycles. The summed E-state index contributed by atoms with van der Waals surface area (Å²) in [5.74, 6) is -0.988. The summed E-state index contributed by atoms with van der Waals surface area (Å²) >= 11 is 12.1. The predicted molar refractivity (Wildman–Crippen MR) is 137 cm³/mol. The van der Waals surface area contributed by atoms with E-state index in [1.54, 1.807) is 30.3 Å². The van der Waals surface area contributed by atoms with Crippen LogP contribution in [-0.4, -0.2) is 26.6 Å². The molecule has 0 unspecified atom stereocenters. The average Bonchev–Trinajstić information content (AvgIpc) is 3.14. The number of anilines is 1. The van der Waals surface area contributed by atoms with E-state index in [-0.39, 0.29) is 44.7 Å². The van der Waals surface area contributed by atoms with Gasteiger partial charge in [0.2, 0.25) is 0 Å². The van der Waals surface area contributed by atoms with E-state index in [0.29, 0.717) is 4.90 Å². The van der Waals surface area contributed by atoms with E-state index in [0.717, 1.165) is 27.7 Å². The molecule has 1 aliphatic heterocycles. The van der Waals surface area contributed by atoms with E-state index in [1.807, 2.05) is 18.2 Å². The standard InChI is InChI=1S/C25H20BrClN2O4S/c26-15-5-3-4-13(10-15)24-17-12-21(34-20-7-2-1-6-19(20)29(32)33)23(27)22(17)16-11-14(25(30)31)8-9-18(16)28-24/h1-11,17,21-24,28H,12H2,(H,30,31)/t17-,21-,22+,23-,24+/m1/s1. The summed E-state index contributed by atoms with van der Waals surface area (Å²) < 4.78 is 0.974. The highest BCUT2D eigenvalue weighted by Gasteiger charge is 2.50. The number of nitro benzene ring substituents is 1. The number of nitrogens with one attached hydrogen (secondary N) is 1. The molecule has 5 atom stereocenters. The third-order valence-electron chi connectivity index (χ3n) is 6.61. The molecule has 1 aliphatic carbocycles. The molecular weight excluding hydrogens is 540 g/mol. The van der Waals surface area contributed by atoms with Gasteiger partial charge in [-0.05, 0) is 59.9 Å². The SMILES string of the molecule is O=C(O)c1ccc2c(c1)[C@@H]1[C@H](Cl)[C@H](Sc3ccccc3[N+](=O)[O-])C[C@H]1[C@H](c1cccc(Br)c1)N2. The number of hydrogen-bond acceptors (Lipinski definition) is 5. The van der Waals surface area contributed by atoms with Crippen molar-refractivity contribution in [1.82, 2.24) is 0 Å². The molecule has 9 heteroatoms. The molecule has 1 saturated carbocycles. The van der Waals surface area contributed by atoms with Gasteiger partial charge in [0.05, 0.1) is 26.8 Å². The van der Waals surface area contributed by atoms with Crippen LogP contribution >= 0.6 is 39.3 Å². The van der Waals surface area contributed by atoms with Crippen molar-refractivity contribution < 1.29 is 14.8 Å². The first kappa shape index (κ1) is 23.2. The fourth-order valence-corrected chi connectivity index (χ4v) is 7.51. The number of carboxylic acids is 1. The number of nitro groups is 1. The normalized spacial score (nSPS) is 25.2. The number of nitrogens with zero attached hydrogens (tertiary/aromatic N) is 1. The van der Waals surface area contributed by atoms with Crippen LogP contribution in [0.4, 0.5) is 11.4 Å². The van der Waals surface area contributed by atoms with Gasteiger partial charge in [-0.25, -0.2) is 4.79 Å². The van der Waals surface area contributed by atoms with Gasteiger partial charge in [0.15, 0.2) is 0 Å². The zero-order valence-corrected chi connectivity index (χ0v) is 20.9. The Labute approximate surface area is 214 Å². The second-order valence-corrected chi connectivity index (χ2v) is 11.2. The van der Waals surface area contributed by atoms with E-state index in [2.05, 4.69) is 33.4 Å². The first-order valence-electron chi connectivity index (χ1n) is 10.8. The Kier molecular flexibility index (Phi) is 6.31. The smallest absolute Gasteiger partial charge is 0.335 e. The van der Waals surface area contributed by atoms with Crippen LogP contribution in [0, 0.1) is 16.0 Å². The highest BCUT2D eigenvalue weighted by Crippen LogP contribution is 2.58. The quantitative estimate of drug-likeness (QED) is 0.197. The summed E-state index contributed by atoms with van der Waals surface area (Å²) in [6.45, 7) is 0. The fraction of sp³-hybridized carbons (Fsp3) is 0.240. The third-order valence-corrected chi connectivity index (χ3v) is 9.21. The minimum Gasteiger partial charge on any atom is -0.478 e. The maximum atomic E-state index is 11.7. The van der Waals surface area contributed by atoms with Gasteiger partial charge in [0, 0.05) is 27.4 Å². The monoisotopic (exact) mass is 558 g/mol. The molecule has 3 aromatic carbocycles. The van der Waals surface area contributed by atoms with E-state index < -0.39 is 5.97 Å². The highest BCUT2D eigenvalue weighted by molar-refractivity contribution is 9.10. The molecule has 0 aromatic heterocycles. The molecule has 34 heavy (non-hydrogen) atoms. The van der Waals surface area contributed by atoms with Crippen LogP contribution in [0.1, 0.15) is 39.9 Å². The molecule has 3 aromatic rings. The lowest BCUT2D eigenvalue weighted by Crippen LogP contribution is -2.31. The number of carbonyl (C=O) groups is 1. The Bertz CT molecular complexity index is 1290. The summed E-state index contributed by atoms with van der Waals surface area (Å²) in [5.41, 5.74) is 3.16. The lowest BCUT2D eigenvalue weighted by Gasteiger charge is -2.38. The minimum absolute atomic E-state index is 0.0247. The van der Waals surface area contributed by atoms with E-state index in [4.69, 9.17) is 11.6 Å². The van der Waals surface area contributed by atoms with Crippen LogP contribution in [0.25, 0.3) is 0 Å². The number of fused-ring (bicyclic) bond motifs is 3. The number of benzene rings is 3. The maximum absolute atomic E-state index is 11.7. The van der Waals surface area contributed by atoms with Crippen molar-refractivity contribution in [2.24, 2.45) is 5.92 Å². The van der Waals surface area contributed by atoms with Gasteiger partial charge in [0.25, 0.3) is 5.69 Å². The van der Waals surface area contributed by atoms with Crippen LogP contribution in [0.15, 0.2) is 76.1 Å². The Morgan fingerprint density at radius 3 is 2.68 bits per heavy atom. The molecule has 2 aliphatic rings. The van der Waals surface area contributed by atoms with Crippen molar-refractivity contribution >= 4 is 56.6 Å². The fourth-order valence-electron chi connectivity index (χ4n) is 5.15. The molecule has 0 saturated heterocycles. The molecule has 1 fully saturated rings. The second kappa shape index (κ2) is 9.24. The van der Waals surface area contributed by atoms with E-state index >= 15 is 0 Å². The Hall–Kier alpha value is -2.55. The molecule has 6 nitrogen and oxygen atoms in total. The van der Waals surface area contributed by atoms with Gasteiger partial charge < -0.3 is 10.4 Å². The molecule has 0 bridgehead atoms. The molecular formula is C25H20BrClN2O4S. The summed E-state index contributed by atoms with van der Waals surface area (Å²) in [5, 5.41) is 24.3. The average molecular weight is 560 g/mol. The predicted octanol–water partition coefficient (Wildman–Crippen LogP) is 7.09. The second-order valence-electron chi connectivity index (χ2n) is 8.54. The van der Waals surface area contributed by atoms with Crippen LogP contribution in [-0.2, 0) is 0 Å². The maximum Gasteiger partial charge on any atom is 0.335 e. The van der Waals surface area contributed by atoms with Crippen molar-refractivity contribution in [3.05, 3.63) is 98.0 Å². The van der Waals surface area contributed by atoms with Crippen molar-refractivity contribution in [2.45, 2.75) is 33.9 Å². The van der Waals surface area contributed by atoms with E-state index in [9.17, 15) is 20.0 Å². The number of halogens is 2. The van der Waals surface area contributed by atoms with Crippen molar-refractivity contribution in [3.63, 3.8) is 0 Å². The molecule has 2 N–H and O–H groups in total. The van der Waals surface area contributed by atoms with Crippen LogP contribution in [0.3, 0.4) is 0 Å². The molecule has 5 rings (SSSR count). The summed E-state index contributed by atoms with van der Waals surface area (Å²) in [7, 11) is 0. The zero-order valence-electron chi connectivity index (χ0n) is 17.7. The lowest BCUT2D eigenvalue weighted by atomic mass is 9.77. The Morgan fingerprint density at radius 1 is 1.15 bits per heavy atom. The number of aromatic carboxylic acids is 1. The molecule has 0 spiro atoms. The first-order valence-corrected chi connectivity index (χ1v) is 12.9. The topological polar surface area (TPSA) is 92.5 Å². The number of carboxylic acid groups (broad SMARTS) is 1. The van der Waals surface area contributed by atoms with Gasteiger partial charge >= 0.3 is 5.97 Å². The molecule has 0 amide bonds. The number of hydrogen-bond donors (Lipinski definition) is 2. The van der Waals surface area contributed by atoms with Gasteiger partial charge in [-0.3, -0.25) is 10.1 Å². The molecule has 0 radical (unpaired) electrons. The van der Waals surface area contributed by atoms with Crippen molar-refractivity contribution in [2.75, 3.05) is 5.32 Å². The zero-order chi connectivity index (χ0) is 24.0. The number of alkyl halides is 1. The van der Waals surface area contributed by atoms with Crippen molar-refractivity contribution in [3.8, 4) is 0 Å². The minimum atomic E-state index is -0.983. The molecule has 174 valence electrons. The summed E-state index contributed by atoms with van der Waals surface area (Å²) in [4.78, 5) is 23.4. The first-order chi connectivity index (χ1) is 16.3. The largest absolute Gasteiger partial charge is 0.478 e.